The number of guanidine groups is 1. The molecule has 1 aliphatic rings. The highest BCUT2D eigenvalue weighted by Gasteiger charge is 2.14. The van der Waals surface area contributed by atoms with E-state index in [1.54, 1.807) is 0 Å². The second kappa shape index (κ2) is 12.0. The fraction of sp³-hybridized carbons (Fsp3) is 0.938. The maximum atomic E-state index is 5.56. The zero-order valence-electron chi connectivity index (χ0n) is 13.4. The van der Waals surface area contributed by atoms with Gasteiger partial charge in [0.05, 0.1) is 0 Å². The van der Waals surface area contributed by atoms with Gasteiger partial charge in [0, 0.05) is 32.3 Å². The summed E-state index contributed by atoms with van der Waals surface area (Å²) >= 11 is 0. The van der Waals surface area contributed by atoms with E-state index < -0.39 is 0 Å². The molecule has 0 amide bonds. The molecule has 1 saturated carbocycles. The van der Waals surface area contributed by atoms with Crippen LogP contribution in [0.4, 0.5) is 0 Å². The summed E-state index contributed by atoms with van der Waals surface area (Å²) in [6.07, 6.45) is 10.0. The molecule has 2 N–H and O–H groups in total. The fourth-order valence-electron chi connectivity index (χ4n) is 2.47. The van der Waals surface area contributed by atoms with E-state index in [9.17, 15) is 0 Å². The molecule has 1 fully saturated rings. The molecule has 1 rings (SSSR count). The van der Waals surface area contributed by atoms with E-state index in [2.05, 4.69) is 29.5 Å². The van der Waals surface area contributed by atoms with Gasteiger partial charge >= 0.3 is 0 Å². The lowest BCUT2D eigenvalue weighted by Crippen LogP contribution is -2.44. The number of unbranched alkanes of at least 4 members (excludes halogenated alkanes) is 1. The molecule has 0 atom stereocenters. The summed E-state index contributed by atoms with van der Waals surface area (Å²) in [6.45, 7) is 7.78. The molecule has 0 heterocycles. The maximum Gasteiger partial charge on any atom is 0.191 e. The van der Waals surface area contributed by atoms with Gasteiger partial charge in [0.25, 0.3) is 0 Å². The number of ether oxygens (including phenoxy) is 1. The summed E-state index contributed by atoms with van der Waals surface area (Å²) in [5.41, 5.74) is 0. The standard InChI is InChI=1S/C16H33N3O/c1-3-5-13-20-14-9-12-18-16(17-4-2)19-15-10-7-6-8-11-15/h15H,3-14H2,1-2H3,(H2,17,18,19). The van der Waals surface area contributed by atoms with E-state index in [-0.39, 0.29) is 0 Å². The van der Waals surface area contributed by atoms with E-state index in [0.717, 1.165) is 45.1 Å². The average molecular weight is 283 g/mol. The molecule has 0 spiro atoms. The third kappa shape index (κ3) is 8.41. The van der Waals surface area contributed by atoms with Gasteiger partial charge in [-0.15, -0.1) is 0 Å². The lowest BCUT2D eigenvalue weighted by molar-refractivity contribution is 0.130. The summed E-state index contributed by atoms with van der Waals surface area (Å²) < 4.78 is 5.56. The van der Waals surface area contributed by atoms with Gasteiger partial charge in [-0.1, -0.05) is 32.6 Å². The third-order valence-corrected chi connectivity index (χ3v) is 3.65. The molecular formula is C16H33N3O. The maximum absolute atomic E-state index is 5.56. The van der Waals surface area contributed by atoms with Gasteiger partial charge in [-0.25, -0.2) is 0 Å². The SMILES string of the molecule is CCCCOCCCN=C(NCC)NC1CCCCC1. The molecule has 4 nitrogen and oxygen atoms in total. The van der Waals surface area contributed by atoms with Crippen molar-refractivity contribution in [3.8, 4) is 0 Å². The van der Waals surface area contributed by atoms with Crippen LogP contribution in [0.15, 0.2) is 4.99 Å². The third-order valence-electron chi connectivity index (χ3n) is 3.65. The number of rotatable bonds is 9. The van der Waals surface area contributed by atoms with Crippen molar-refractivity contribution in [1.29, 1.82) is 0 Å². The van der Waals surface area contributed by atoms with Crippen LogP contribution in [0.5, 0.6) is 0 Å². The Hall–Kier alpha value is -0.770. The van der Waals surface area contributed by atoms with Crippen LogP contribution in [0.25, 0.3) is 0 Å². The van der Waals surface area contributed by atoms with Crippen molar-refractivity contribution in [3.63, 3.8) is 0 Å². The van der Waals surface area contributed by atoms with E-state index in [1.807, 2.05) is 0 Å². The largest absolute Gasteiger partial charge is 0.381 e. The zero-order valence-corrected chi connectivity index (χ0v) is 13.4. The number of hydrogen-bond donors (Lipinski definition) is 2. The highest BCUT2D eigenvalue weighted by Crippen LogP contribution is 2.17. The summed E-state index contributed by atoms with van der Waals surface area (Å²) in [7, 11) is 0. The van der Waals surface area contributed by atoms with Crippen molar-refractivity contribution < 1.29 is 4.74 Å². The Balaban J connectivity index is 2.16. The van der Waals surface area contributed by atoms with Crippen molar-refractivity contribution in [1.82, 2.24) is 10.6 Å². The summed E-state index contributed by atoms with van der Waals surface area (Å²) in [5.74, 6) is 0.980. The number of hydrogen-bond acceptors (Lipinski definition) is 2. The first-order valence-corrected chi connectivity index (χ1v) is 8.49. The van der Waals surface area contributed by atoms with Crippen LogP contribution in [0.3, 0.4) is 0 Å². The highest BCUT2D eigenvalue weighted by atomic mass is 16.5. The predicted molar refractivity (Wildman–Crippen MR) is 86.3 cm³/mol. The lowest BCUT2D eigenvalue weighted by Gasteiger charge is -2.24. The van der Waals surface area contributed by atoms with Crippen LogP contribution in [0.1, 0.15) is 65.2 Å². The van der Waals surface area contributed by atoms with Gasteiger partial charge in [0.2, 0.25) is 0 Å². The number of nitrogens with zero attached hydrogens (tertiary/aromatic N) is 1. The van der Waals surface area contributed by atoms with Gasteiger partial charge in [-0.3, -0.25) is 4.99 Å². The number of nitrogens with one attached hydrogen (secondary N) is 2. The van der Waals surface area contributed by atoms with Crippen LogP contribution in [-0.2, 0) is 4.74 Å². The number of aliphatic imine (C=N–C) groups is 1. The first kappa shape index (κ1) is 17.3. The Morgan fingerprint density at radius 3 is 2.55 bits per heavy atom. The predicted octanol–water partition coefficient (Wildman–Crippen LogP) is 3.08. The molecule has 4 heteroatoms. The van der Waals surface area contributed by atoms with Crippen molar-refractivity contribution >= 4 is 5.96 Å². The molecule has 0 radical (unpaired) electrons. The van der Waals surface area contributed by atoms with Crippen LogP contribution in [0, 0.1) is 0 Å². The quantitative estimate of drug-likeness (QED) is 0.388. The monoisotopic (exact) mass is 283 g/mol. The second-order valence-electron chi connectivity index (χ2n) is 5.56. The zero-order chi connectivity index (χ0) is 14.5. The van der Waals surface area contributed by atoms with E-state index >= 15 is 0 Å². The van der Waals surface area contributed by atoms with Crippen molar-refractivity contribution in [2.75, 3.05) is 26.3 Å². The summed E-state index contributed by atoms with van der Waals surface area (Å²) in [6, 6.07) is 0.613. The normalized spacial score (nSPS) is 17.2. The first-order valence-electron chi connectivity index (χ1n) is 8.49. The molecule has 0 saturated heterocycles. The van der Waals surface area contributed by atoms with Gasteiger partial charge in [-0.05, 0) is 32.6 Å². The smallest absolute Gasteiger partial charge is 0.191 e. The van der Waals surface area contributed by atoms with E-state index in [0.29, 0.717) is 6.04 Å². The van der Waals surface area contributed by atoms with Crippen LogP contribution >= 0.6 is 0 Å². The van der Waals surface area contributed by atoms with Crippen LogP contribution in [0.2, 0.25) is 0 Å². The second-order valence-corrected chi connectivity index (χ2v) is 5.56. The van der Waals surface area contributed by atoms with Gasteiger partial charge in [0.15, 0.2) is 5.96 Å². The molecule has 0 aromatic heterocycles. The van der Waals surface area contributed by atoms with E-state index in [1.165, 1.54) is 38.5 Å². The van der Waals surface area contributed by atoms with E-state index in [4.69, 9.17) is 4.74 Å². The molecule has 1 aliphatic carbocycles. The van der Waals surface area contributed by atoms with Crippen molar-refractivity contribution in [3.05, 3.63) is 0 Å². The molecule has 0 unspecified atom stereocenters. The highest BCUT2D eigenvalue weighted by molar-refractivity contribution is 5.80. The minimum atomic E-state index is 0.613. The van der Waals surface area contributed by atoms with Crippen LogP contribution < -0.4 is 10.6 Å². The molecule has 0 aromatic rings. The molecule has 20 heavy (non-hydrogen) atoms. The summed E-state index contributed by atoms with van der Waals surface area (Å²) in [4.78, 5) is 4.64. The Kier molecular flexibility index (Phi) is 10.4. The minimum absolute atomic E-state index is 0.613. The Morgan fingerprint density at radius 1 is 1.10 bits per heavy atom. The molecule has 118 valence electrons. The fourth-order valence-corrected chi connectivity index (χ4v) is 2.47. The van der Waals surface area contributed by atoms with Crippen molar-refractivity contribution in [2.24, 2.45) is 4.99 Å². The topological polar surface area (TPSA) is 45.6 Å². The van der Waals surface area contributed by atoms with Crippen molar-refractivity contribution in [2.45, 2.75) is 71.3 Å². The minimum Gasteiger partial charge on any atom is -0.381 e. The first-order chi connectivity index (χ1) is 9.86. The Labute approximate surface area is 124 Å². The molecule has 0 aromatic carbocycles. The van der Waals surface area contributed by atoms with Gasteiger partial charge in [0.1, 0.15) is 0 Å². The molecule has 0 bridgehead atoms. The Bertz CT molecular complexity index is 250. The lowest BCUT2D eigenvalue weighted by atomic mass is 9.96. The van der Waals surface area contributed by atoms with Gasteiger partial charge in [-0.2, -0.15) is 0 Å². The van der Waals surface area contributed by atoms with Crippen LogP contribution in [-0.4, -0.2) is 38.3 Å². The Morgan fingerprint density at radius 2 is 1.85 bits per heavy atom. The molecule has 0 aliphatic heterocycles. The molecular weight excluding hydrogens is 250 g/mol. The summed E-state index contributed by atoms with van der Waals surface area (Å²) in [5, 5.41) is 6.91. The average Bonchev–Trinajstić information content (AvgIpc) is 2.47. The van der Waals surface area contributed by atoms with Gasteiger partial charge < -0.3 is 15.4 Å².